The molecule has 0 spiro atoms. The third-order valence-corrected chi connectivity index (χ3v) is 2.72. The highest BCUT2D eigenvalue weighted by Gasteiger charge is 2.46. The van der Waals surface area contributed by atoms with Crippen LogP contribution in [0, 0.1) is 5.92 Å². The van der Waals surface area contributed by atoms with Crippen molar-refractivity contribution >= 4 is 0 Å². The summed E-state index contributed by atoms with van der Waals surface area (Å²) < 4.78 is 26.4. The topological polar surface area (TPSA) is 29.3 Å². The Morgan fingerprint density at radius 1 is 1.46 bits per heavy atom. The lowest BCUT2D eigenvalue weighted by atomic mass is 9.89. The van der Waals surface area contributed by atoms with Crippen molar-refractivity contribution in [2.24, 2.45) is 11.7 Å². The van der Waals surface area contributed by atoms with Crippen molar-refractivity contribution in [2.75, 3.05) is 19.6 Å². The van der Waals surface area contributed by atoms with Gasteiger partial charge >= 0.3 is 0 Å². The standard InChI is InChI=1S/C9H18F2N2/c1-7(2)13-5-8(6-13)9(10,11)3-4-12/h7-8H,3-6,12H2,1-2H3. The van der Waals surface area contributed by atoms with Crippen LogP contribution in [0.1, 0.15) is 20.3 Å². The molecule has 1 heterocycles. The van der Waals surface area contributed by atoms with E-state index in [-0.39, 0.29) is 13.0 Å². The van der Waals surface area contributed by atoms with Gasteiger partial charge in [-0.1, -0.05) is 0 Å². The van der Waals surface area contributed by atoms with Crippen LogP contribution in [0.5, 0.6) is 0 Å². The number of nitrogens with two attached hydrogens (primary N) is 1. The van der Waals surface area contributed by atoms with Gasteiger partial charge in [0.25, 0.3) is 5.92 Å². The minimum Gasteiger partial charge on any atom is -0.330 e. The minimum absolute atomic E-state index is 0.0746. The molecule has 0 aromatic rings. The maximum absolute atomic E-state index is 13.2. The van der Waals surface area contributed by atoms with E-state index in [4.69, 9.17) is 5.73 Å². The summed E-state index contributed by atoms with van der Waals surface area (Å²) in [6.07, 6.45) is -0.177. The van der Waals surface area contributed by atoms with Crippen molar-refractivity contribution in [3.05, 3.63) is 0 Å². The van der Waals surface area contributed by atoms with E-state index < -0.39 is 11.8 Å². The first kappa shape index (κ1) is 10.9. The zero-order chi connectivity index (χ0) is 10.1. The van der Waals surface area contributed by atoms with Crippen LogP contribution in [-0.2, 0) is 0 Å². The van der Waals surface area contributed by atoms with Gasteiger partial charge in [0, 0.05) is 31.5 Å². The lowest BCUT2D eigenvalue weighted by Crippen LogP contribution is -2.57. The van der Waals surface area contributed by atoms with E-state index in [1.807, 2.05) is 13.8 Å². The SMILES string of the molecule is CC(C)N1CC(C(F)(F)CCN)C1. The summed E-state index contributed by atoms with van der Waals surface area (Å²) in [5.41, 5.74) is 5.13. The highest BCUT2D eigenvalue weighted by atomic mass is 19.3. The summed E-state index contributed by atoms with van der Waals surface area (Å²) in [6.45, 7) is 5.16. The summed E-state index contributed by atoms with van der Waals surface area (Å²) in [5.74, 6) is -3.03. The van der Waals surface area contributed by atoms with Crippen LogP contribution in [-0.4, -0.2) is 36.5 Å². The second kappa shape index (κ2) is 3.88. The maximum atomic E-state index is 13.2. The Labute approximate surface area is 78.1 Å². The molecule has 2 nitrogen and oxygen atoms in total. The number of rotatable bonds is 4. The van der Waals surface area contributed by atoms with Crippen LogP contribution < -0.4 is 5.73 Å². The fourth-order valence-electron chi connectivity index (χ4n) is 1.60. The molecule has 78 valence electrons. The first-order chi connectivity index (χ1) is 5.97. The van der Waals surface area contributed by atoms with E-state index in [0.29, 0.717) is 19.1 Å². The number of alkyl halides is 2. The predicted octanol–water partition coefficient (Wildman–Crippen LogP) is 1.31. The largest absolute Gasteiger partial charge is 0.330 e. The van der Waals surface area contributed by atoms with Crippen LogP contribution in [0.4, 0.5) is 8.78 Å². The second-order valence-electron chi connectivity index (χ2n) is 4.04. The van der Waals surface area contributed by atoms with E-state index >= 15 is 0 Å². The van der Waals surface area contributed by atoms with Crippen LogP contribution in [0.25, 0.3) is 0 Å². The molecule has 0 aliphatic carbocycles. The molecule has 1 aliphatic heterocycles. The molecule has 1 aliphatic rings. The highest BCUT2D eigenvalue weighted by Crippen LogP contribution is 2.35. The van der Waals surface area contributed by atoms with Gasteiger partial charge in [0.05, 0.1) is 0 Å². The van der Waals surface area contributed by atoms with Gasteiger partial charge in [-0.3, -0.25) is 4.90 Å². The fraction of sp³-hybridized carbons (Fsp3) is 1.00. The molecule has 0 aromatic heterocycles. The Hall–Kier alpha value is -0.220. The van der Waals surface area contributed by atoms with E-state index in [1.165, 1.54) is 0 Å². The highest BCUT2D eigenvalue weighted by molar-refractivity contribution is 4.91. The van der Waals surface area contributed by atoms with Crippen molar-refractivity contribution < 1.29 is 8.78 Å². The van der Waals surface area contributed by atoms with Gasteiger partial charge < -0.3 is 5.73 Å². The summed E-state index contributed by atoms with van der Waals surface area (Å²) in [5, 5.41) is 0. The van der Waals surface area contributed by atoms with Gasteiger partial charge in [-0.15, -0.1) is 0 Å². The molecule has 0 bridgehead atoms. The van der Waals surface area contributed by atoms with Crippen LogP contribution in [0.2, 0.25) is 0 Å². The minimum atomic E-state index is -2.56. The molecule has 1 rings (SSSR count). The van der Waals surface area contributed by atoms with Crippen molar-refractivity contribution in [3.63, 3.8) is 0 Å². The number of hydrogen-bond donors (Lipinski definition) is 1. The van der Waals surface area contributed by atoms with Crippen molar-refractivity contribution in [1.29, 1.82) is 0 Å². The Balaban J connectivity index is 2.33. The average molecular weight is 192 g/mol. The quantitative estimate of drug-likeness (QED) is 0.727. The first-order valence-electron chi connectivity index (χ1n) is 4.79. The molecule has 13 heavy (non-hydrogen) atoms. The normalized spacial score (nSPS) is 20.8. The first-order valence-corrected chi connectivity index (χ1v) is 4.79. The molecule has 0 atom stereocenters. The maximum Gasteiger partial charge on any atom is 0.254 e. The zero-order valence-electron chi connectivity index (χ0n) is 8.26. The van der Waals surface area contributed by atoms with Gasteiger partial charge in [-0.25, -0.2) is 8.78 Å². The zero-order valence-corrected chi connectivity index (χ0v) is 8.26. The summed E-state index contributed by atoms with van der Waals surface area (Å²) in [6, 6.07) is 0.380. The Kier molecular flexibility index (Phi) is 3.24. The van der Waals surface area contributed by atoms with E-state index in [9.17, 15) is 8.78 Å². The number of halogens is 2. The smallest absolute Gasteiger partial charge is 0.254 e. The van der Waals surface area contributed by atoms with Crippen molar-refractivity contribution in [3.8, 4) is 0 Å². The number of likely N-dealkylation sites (tertiary alicyclic amines) is 1. The molecule has 0 radical (unpaired) electrons. The van der Waals surface area contributed by atoms with E-state index in [2.05, 4.69) is 4.90 Å². The molecule has 1 saturated heterocycles. The van der Waals surface area contributed by atoms with Crippen LogP contribution in [0.3, 0.4) is 0 Å². The Morgan fingerprint density at radius 2 is 2.00 bits per heavy atom. The van der Waals surface area contributed by atoms with Gasteiger partial charge in [-0.2, -0.15) is 0 Å². The van der Waals surface area contributed by atoms with Gasteiger partial charge in [0.1, 0.15) is 0 Å². The molecule has 0 unspecified atom stereocenters. The molecule has 0 amide bonds. The lowest BCUT2D eigenvalue weighted by molar-refractivity contribution is -0.127. The lowest BCUT2D eigenvalue weighted by Gasteiger charge is -2.45. The molecular weight excluding hydrogens is 174 g/mol. The average Bonchev–Trinajstić information content (AvgIpc) is 1.79. The van der Waals surface area contributed by atoms with Crippen molar-refractivity contribution in [1.82, 2.24) is 4.90 Å². The van der Waals surface area contributed by atoms with Crippen LogP contribution in [0.15, 0.2) is 0 Å². The van der Waals surface area contributed by atoms with Crippen molar-refractivity contribution in [2.45, 2.75) is 32.2 Å². The molecular formula is C9H18F2N2. The third kappa shape index (κ3) is 2.38. The predicted molar refractivity (Wildman–Crippen MR) is 48.8 cm³/mol. The summed E-state index contributed by atoms with van der Waals surface area (Å²) in [4.78, 5) is 2.05. The monoisotopic (exact) mass is 192 g/mol. The van der Waals surface area contributed by atoms with Crippen LogP contribution >= 0.6 is 0 Å². The van der Waals surface area contributed by atoms with Gasteiger partial charge in [0.15, 0.2) is 0 Å². The summed E-state index contributed by atoms with van der Waals surface area (Å²) in [7, 11) is 0. The van der Waals surface area contributed by atoms with E-state index in [0.717, 1.165) is 0 Å². The number of nitrogens with zero attached hydrogens (tertiary/aromatic N) is 1. The molecule has 0 aromatic carbocycles. The second-order valence-corrected chi connectivity index (χ2v) is 4.04. The molecule has 0 saturated carbocycles. The number of hydrogen-bond acceptors (Lipinski definition) is 2. The fourth-order valence-corrected chi connectivity index (χ4v) is 1.60. The molecule has 1 fully saturated rings. The van der Waals surface area contributed by atoms with Gasteiger partial charge in [-0.05, 0) is 20.4 Å². The van der Waals surface area contributed by atoms with Gasteiger partial charge in [0.2, 0.25) is 0 Å². The molecule has 2 N–H and O–H groups in total. The summed E-state index contributed by atoms with van der Waals surface area (Å²) >= 11 is 0. The Morgan fingerprint density at radius 3 is 2.38 bits per heavy atom. The molecule has 4 heteroatoms. The Bertz CT molecular complexity index is 165. The van der Waals surface area contributed by atoms with E-state index in [1.54, 1.807) is 0 Å². The third-order valence-electron chi connectivity index (χ3n) is 2.72.